The number of nitrogens with one attached hydrogen (secondary N) is 1. The second-order valence-corrected chi connectivity index (χ2v) is 6.37. The smallest absolute Gasteiger partial charge is 0.378 e. The van der Waals surface area contributed by atoms with Crippen molar-refractivity contribution in [3.05, 3.63) is 65.7 Å². The standard InChI is InChI=1S/C20H17N5O3/c1-12-9-13(2)25-20(21-12)23-18(24-25)19(27)28-11-17(26)22-16-8-7-14-5-3-4-6-15(14)10-16/h3-10H,11H2,1-2H3,(H,22,26). The average Bonchev–Trinajstić information content (AvgIpc) is 3.10. The number of aryl methyl sites for hydroxylation is 2. The quantitative estimate of drug-likeness (QED) is 0.551. The summed E-state index contributed by atoms with van der Waals surface area (Å²) in [5.41, 5.74) is 2.19. The van der Waals surface area contributed by atoms with Crippen molar-refractivity contribution in [2.24, 2.45) is 0 Å². The van der Waals surface area contributed by atoms with E-state index in [-0.39, 0.29) is 5.82 Å². The molecule has 0 saturated carbocycles. The highest BCUT2D eigenvalue weighted by Crippen LogP contribution is 2.18. The maximum atomic E-state index is 12.2. The van der Waals surface area contributed by atoms with Crippen LogP contribution in [0.1, 0.15) is 22.0 Å². The minimum atomic E-state index is -0.781. The number of carbonyl (C=O) groups is 2. The molecule has 1 N–H and O–H groups in total. The highest BCUT2D eigenvalue weighted by atomic mass is 16.5. The summed E-state index contributed by atoms with van der Waals surface area (Å²) in [7, 11) is 0. The molecule has 1 amide bonds. The van der Waals surface area contributed by atoms with Gasteiger partial charge in [0.15, 0.2) is 6.61 Å². The van der Waals surface area contributed by atoms with E-state index in [9.17, 15) is 9.59 Å². The number of rotatable bonds is 4. The minimum absolute atomic E-state index is 0.139. The van der Waals surface area contributed by atoms with Gasteiger partial charge in [-0.25, -0.2) is 14.3 Å². The number of anilines is 1. The molecule has 0 aliphatic heterocycles. The third-order valence-electron chi connectivity index (χ3n) is 4.17. The van der Waals surface area contributed by atoms with E-state index in [1.807, 2.05) is 56.3 Å². The molecule has 8 nitrogen and oxygen atoms in total. The molecule has 4 rings (SSSR count). The van der Waals surface area contributed by atoms with E-state index >= 15 is 0 Å². The van der Waals surface area contributed by atoms with Crippen molar-refractivity contribution in [1.82, 2.24) is 19.6 Å². The largest absolute Gasteiger partial charge is 0.450 e. The highest BCUT2D eigenvalue weighted by molar-refractivity contribution is 5.96. The fourth-order valence-electron chi connectivity index (χ4n) is 2.91. The number of nitrogens with zero attached hydrogens (tertiary/aromatic N) is 4. The van der Waals surface area contributed by atoms with Crippen molar-refractivity contribution in [3.63, 3.8) is 0 Å². The van der Waals surface area contributed by atoms with Crippen LogP contribution in [0.3, 0.4) is 0 Å². The lowest BCUT2D eigenvalue weighted by molar-refractivity contribution is -0.119. The van der Waals surface area contributed by atoms with Crippen LogP contribution in [-0.2, 0) is 9.53 Å². The Morgan fingerprint density at radius 2 is 1.82 bits per heavy atom. The maximum Gasteiger partial charge on any atom is 0.378 e. The lowest BCUT2D eigenvalue weighted by Gasteiger charge is -2.06. The van der Waals surface area contributed by atoms with Crippen LogP contribution in [-0.4, -0.2) is 38.1 Å². The summed E-state index contributed by atoms with van der Waals surface area (Å²) in [5, 5.41) is 8.87. The first-order chi connectivity index (χ1) is 13.5. The summed E-state index contributed by atoms with van der Waals surface area (Å²) in [5.74, 6) is -1.06. The number of carbonyl (C=O) groups excluding carboxylic acids is 2. The van der Waals surface area contributed by atoms with Gasteiger partial charge in [-0.05, 0) is 42.8 Å². The van der Waals surface area contributed by atoms with Crippen molar-refractivity contribution in [2.75, 3.05) is 11.9 Å². The Morgan fingerprint density at radius 1 is 1.04 bits per heavy atom. The molecule has 2 aromatic carbocycles. The van der Waals surface area contributed by atoms with E-state index in [0.717, 1.165) is 22.2 Å². The van der Waals surface area contributed by atoms with Gasteiger partial charge >= 0.3 is 5.97 Å². The summed E-state index contributed by atoms with van der Waals surface area (Å²) >= 11 is 0. The van der Waals surface area contributed by atoms with E-state index in [4.69, 9.17) is 4.74 Å². The molecule has 2 heterocycles. The lowest BCUT2D eigenvalue weighted by Crippen LogP contribution is -2.21. The predicted octanol–water partition coefficient (Wildman–Crippen LogP) is 2.69. The number of hydrogen-bond acceptors (Lipinski definition) is 6. The van der Waals surface area contributed by atoms with E-state index in [2.05, 4.69) is 20.4 Å². The normalized spacial score (nSPS) is 10.9. The van der Waals surface area contributed by atoms with Gasteiger partial charge in [0.25, 0.3) is 17.5 Å². The van der Waals surface area contributed by atoms with Crippen molar-refractivity contribution >= 4 is 34.1 Å². The first-order valence-corrected chi connectivity index (χ1v) is 8.66. The van der Waals surface area contributed by atoms with Crippen molar-refractivity contribution in [1.29, 1.82) is 0 Å². The Hall–Kier alpha value is -3.81. The molecule has 0 spiro atoms. The first-order valence-electron chi connectivity index (χ1n) is 8.66. The Labute approximate surface area is 160 Å². The molecule has 0 aliphatic carbocycles. The zero-order chi connectivity index (χ0) is 19.7. The Morgan fingerprint density at radius 3 is 2.64 bits per heavy atom. The monoisotopic (exact) mass is 375 g/mol. The highest BCUT2D eigenvalue weighted by Gasteiger charge is 2.17. The van der Waals surface area contributed by atoms with Gasteiger partial charge in [-0.1, -0.05) is 30.3 Å². The molecule has 0 bridgehead atoms. The summed E-state index contributed by atoms with van der Waals surface area (Å²) in [4.78, 5) is 32.6. The number of esters is 1. The summed E-state index contributed by atoms with van der Waals surface area (Å²) < 4.78 is 6.49. The number of benzene rings is 2. The summed E-state index contributed by atoms with van der Waals surface area (Å²) in [6.07, 6.45) is 0. The van der Waals surface area contributed by atoms with Gasteiger partial charge in [0.2, 0.25) is 0 Å². The molecular formula is C20H17N5O3. The molecule has 2 aromatic heterocycles. The van der Waals surface area contributed by atoms with E-state index in [1.54, 1.807) is 6.07 Å². The second-order valence-electron chi connectivity index (χ2n) is 6.37. The molecular weight excluding hydrogens is 358 g/mol. The molecule has 0 aliphatic rings. The van der Waals surface area contributed by atoms with Crippen molar-refractivity contribution in [3.8, 4) is 0 Å². The molecule has 0 unspecified atom stereocenters. The topological polar surface area (TPSA) is 98.5 Å². The van der Waals surface area contributed by atoms with Crippen molar-refractivity contribution in [2.45, 2.75) is 13.8 Å². The van der Waals surface area contributed by atoms with E-state index in [0.29, 0.717) is 11.5 Å². The summed E-state index contributed by atoms with van der Waals surface area (Å²) in [6.45, 7) is 3.23. The van der Waals surface area contributed by atoms with Gasteiger partial charge in [-0.3, -0.25) is 4.79 Å². The third kappa shape index (κ3) is 3.52. The number of amides is 1. The van der Waals surface area contributed by atoms with Gasteiger partial charge in [-0.15, -0.1) is 5.10 Å². The molecule has 4 aromatic rings. The molecule has 0 atom stereocenters. The SMILES string of the molecule is Cc1cc(C)n2nc(C(=O)OCC(=O)Nc3ccc4ccccc4c3)nc2n1. The van der Waals surface area contributed by atoms with Crippen LogP contribution < -0.4 is 5.32 Å². The molecule has 0 fully saturated rings. The molecule has 140 valence electrons. The van der Waals surface area contributed by atoms with Crippen LogP contribution in [0.2, 0.25) is 0 Å². The lowest BCUT2D eigenvalue weighted by atomic mass is 10.1. The maximum absolute atomic E-state index is 12.2. The summed E-state index contributed by atoms with van der Waals surface area (Å²) in [6, 6.07) is 15.2. The van der Waals surface area contributed by atoms with Gasteiger partial charge in [0.05, 0.1) is 0 Å². The van der Waals surface area contributed by atoms with Crippen molar-refractivity contribution < 1.29 is 14.3 Å². The van der Waals surface area contributed by atoms with E-state index in [1.165, 1.54) is 4.52 Å². The minimum Gasteiger partial charge on any atom is -0.450 e. The number of ether oxygens (including phenoxy) is 1. The van der Waals surface area contributed by atoms with Gasteiger partial charge in [0.1, 0.15) is 0 Å². The van der Waals surface area contributed by atoms with Gasteiger partial charge in [-0.2, -0.15) is 4.98 Å². The fourth-order valence-corrected chi connectivity index (χ4v) is 2.91. The number of fused-ring (bicyclic) bond motifs is 2. The Balaban J connectivity index is 1.41. The van der Waals surface area contributed by atoms with Crippen LogP contribution >= 0.6 is 0 Å². The van der Waals surface area contributed by atoms with Crippen LogP contribution in [0.5, 0.6) is 0 Å². The van der Waals surface area contributed by atoms with Crippen LogP contribution in [0, 0.1) is 13.8 Å². The zero-order valence-electron chi connectivity index (χ0n) is 15.3. The molecule has 8 heteroatoms. The van der Waals surface area contributed by atoms with Crippen LogP contribution in [0.4, 0.5) is 5.69 Å². The second kappa shape index (κ2) is 7.07. The molecule has 28 heavy (non-hydrogen) atoms. The predicted molar refractivity (Wildman–Crippen MR) is 103 cm³/mol. The third-order valence-corrected chi connectivity index (χ3v) is 4.17. The van der Waals surface area contributed by atoms with E-state index < -0.39 is 18.5 Å². The number of hydrogen-bond donors (Lipinski definition) is 1. The van der Waals surface area contributed by atoms with Gasteiger partial charge < -0.3 is 10.1 Å². The Bertz CT molecular complexity index is 1220. The van der Waals surface area contributed by atoms with Crippen LogP contribution in [0.15, 0.2) is 48.5 Å². The average molecular weight is 375 g/mol. The zero-order valence-corrected chi connectivity index (χ0v) is 15.3. The molecule has 0 radical (unpaired) electrons. The fraction of sp³-hybridized carbons (Fsp3) is 0.150. The Kier molecular flexibility index (Phi) is 4.44. The molecule has 0 saturated heterocycles. The first kappa shape index (κ1) is 17.6. The number of aromatic nitrogens is 4. The van der Waals surface area contributed by atoms with Gasteiger partial charge in [0, 0.05) is 17.1 Å². The van der Waals surface area contributed by atoms with Crippen LogP contribution in [0.25, 0.3) is 16.6 Å².